The van der Waals surface area contributed by atoms with Gasteiger partial charge in [0.05, 0.1) is 12.7 Å². The number of ether oxygens (including phenoxy) is 1. The van der Waals surface area contributed by atoms with E-state index in [9.17, 15) is 4.79 Å². The first-order chi connectivity index (χ1) is 8.45. The monoisotopic (exact) mass is 377 g/mol. The van der Waals surface area contributed by atoms with Crippen LogP contribution in [0.3, 0.4) is 0 Å². The predicted octanol–water partition coefficient (Wildman–Crippen LogP) is 3.75. The minimum Gasteiger partial charge on any atom is -0.496 e. The van der Waals surface area contributed by atoms with Crippen LogP contribution in [-0.4, -0.2) is 23.9 Å². The van der Waals surface area contributed by atoms with Gasteiger partial charge >= 0.3 is 0 Å². The van der Waals surface area contributed by atoms with E-state index >= 15 is 0 Å². The lowest BCUT2D eigenvalue weighted by Gasteiger charge is -2.27. The molecule has 0 aromatic heterocycles. The number of benzene rings is 1. The Balaban J connectivity index is 2.97. The van der Waals surface area contributed by atoms with Crippen LogP contribution in [0.25, 0.3) is 0 Å². The van der Waals surface area contributed by atoms with Crippen LogP contribution in [0.5, 0.6) is 5.75 Å². The largest absolute Gasteiger partial charge is 0.496 e. The molecule has 3 nitrogen and oxygen atoms in total. The Morgan fingerprint density at radius 2 is 2.17 bits per heavy atom. The summed E-state index contributed by atoms with van der Waals surface area (Å²) in [6.45, 7) is 4.05. The molecule has 0 spiro atoms. The Kier molecular flexibility index (Phi) is 5.66. The van der Waals surface area contributed by atoms with E-state index < -0.39 is 0 Å². The summed E-state index contributed by atoms with van der Waals surface area (Å²) >= 11 is 6.78. The number of hydrogen-bond acceptors (Lipinski definition) is 2. The van der Waals surface area contributed by atoms with Crippen molar-refractivity contribution in [3.63, 3.8) is 0 Å². The van der Waals surface area contributed by atoms with Gasteiger partial charge in [0.25, 0.3) is 5.91 Å². The molecule has 0 radical (unpaired) electrons. The fourth-order valence-electron chi connectivity index (χ4n) is 1.41. The summed E-state index contributed by atoms with van der Waals surface area (Å²) < 4.78 is 6.11. The zero-order valence-corrected chi connectivity index (χ0v) is 13.9. The number of carbonyl (C=O) groups excluding carboxylic acids is 1. The third-order valence-electron chi connectivity index (χ3n) is 2.90. The van der Waals surface area contributed by atoms with E-state index in [1.165, 1.54) is 0 Å². The molecule has 1 rings (SSSR count). The molecule has 100 valence electrons. The van der Waals surface area contributed by atoms with Gasteiger partial charge < -0.3 is 10.1 Å². The SMILES string of the molecule is CCC(C)(CBr)NC(=O)c1ccc(Br)cc1OC. The third-order valence-corrected chi connectivity index (χ3v) is 4.63. The average Bonchev–Trinajstić information content (AvgIpc) is 2.38. The molecule has 0 aliphatic rings. The highest BCUT2D eigenvalue weighted by atomic mass is 79.9. The molecule has 1 N–H and O–H groups in total. The van der Waals surface area contributed by atoms with E-state index in [0.717, 1.165) is 10.9 Å². The summed E-state index contributed by atoms with van der Waals surface area (Å²) in [5.74, 6) is 0.443. The number of carbonyl (C=O) groups is 1. The maximum absolute atomic E-state index is 12.2. The maximum Gasteiger partial charge on any atom is 0.255 e. The number of alkyl halides is 1. The van der Waals surface area contributed by atoms with Crippen molar-refractivity contribution in [2.75, 3.05) is 12.4 Å². The molecule has 1 aromatic carbocycles. The molecule has 1 atom stereocenters. The Morgan fingerprint density at radius 3 is 2.67 bits per heavy atom. The van der Waals surface area contributed by atoms with E-state index in [0.29, 0.717) is 16.6 Å². The van der Waals surface area contributed by atoms with Crippen LogP contribution < -0.4 is 10.1 Å². The highest BCUT2D eigenvalue weighted by Gasteiger charge is 2.24. The predicted molar refractivity (Wildman–Crippen MR) is 80.7 cm³/mol. The van der Waals surface area contributed by atoms with Crippen molar-refractivity contribution in [3.8, 4) is 5.75 Å². The molecule has 1 aromatic rings. The fourth-order valence-corrected chi connectivity index (χ4v) is 2.29. The molecule has 5 heteroatoms. The first-order valence-electron chi connectivity index (χ1n) is 5.67. The van der Waals surface area contributed by atoms with E-state index in [4.69, 9.17) is 4.74 Å². The molecule has 0 saturated carbocycles. The third kappa shape index (κ3) is 3.72. The second-order valence-electron chi connectivity index (χ2n) is 4.35. The Labute approximate surface area is 125 Å². The standard InChI is InChI=1S/C13H17Br2NO2/c1-4-13(2,8-14)16-12(17)10-6-5-9(15)7-11(10)18-3/h5-7H,4,8H2,1-3H3,(H,16,17). The molecule has 0 fully saturated rings. The van der Waals surface area contributed by atoms with Crippen LogP contribution >= 0.6 is 31.9 Å². The van der Waals surface area contributed by atoms with Gasteiger partial charge in [-0.3, -0.25) is 4.79 Å². The highest BCUT2D eigenvalue weighted by Crippen LogP contribution is 2.24. The molecule has 1 unspecified atom stereocenters. The minimum atomic E-state index is -0.255. The molecule has 18 heavy (non-hydrogen) atoms. The lowest BCUT2D eigenvalue weighted by atomic mass is 10.0. The van der Waals surface area contributed by atoms with Gasteiger partial charge in [0.15, 0.2) is 0 Å². The Bertz CT molecular complexity index is 431. The Hall–Kier alpha value is -0.550. The van der Waals surface area contributed by atoms with E-state index in [-0.39, 0.29) is 11.4 Å². The molecular formula is C13H17Br2NO2. The number of rotatable bonds is 5. The van der Waals surface area contributed by atoms with Crippen LogP contribution in [0.1, 0.15) is 30.6 Å². The summed E-state index contributed by atoms with van der Waals surface area (Å²) in [6.07, 6.45) is 0.850. The molecular weight excluding hydrogens is 362 g/mol. The molecule has 0 aliphatic carbocycles. The summed E-state index contributed by atoms with van der Waals surface area (Å²) in [6, 6.07) is 5.36. The normalized spacial score (nSPS) is 13.8. The minimum absolute atomic E-state index is 0.122. The smallest absolute Gasteiger partial charge is 0.255 e. The molecule has 0 bridgehead atoms. The fraction of sp³-hybridized carbons (Fsp3) is 0.462. The summed E-state index contributed by atoms with van der Waals surface area (Å²) in [5.41, 5.74) is 0.288. The topological polar surface area (TPSA) is 38.3 Å². The lowest BCUT2D eigenvalue weighted by molar-refractivity contribution is 0.0910. The summed E-state index contributed by atoms with van der Waals surface area (Å²) in [5, 5.41) is 3.73. The van der Waals surface area contributed by atoms with Gasteiger partial charge in [0.1, 0.15) is 5.75 Å². The van der Waals surface area contributed by atoms with Crippen molar-refractivity contribution in [1.29, 1.82) is 0 Å². The first kappa shape index (κ1) is 15.5. The van der Waals surface area contributed by atoms with Gasteiger partial charge in [-0.15, -0.1) is 0 Å². The zero-order chi connectivity index (χ0) is 13.8. The first-order valence-corrected chi connectivity index (χ1v) is 7.59. The molecule has 0 aliphatic heterocycles. The van der Waals surface area contributed by atoms with E-state index in [1.807, 2.05) is 19.9 Å². The van der Waals surface area contributed by atoms with Gasteiger partial charge in [-0.05, 0) is 31.5 Å². The van der Waals surface area contributed by atoms with Crippen molar-refractivity contribution in [2.45, 2.75) is 25.8 Å². The van der Waals surface area contributed by atoms with Crippen LogP contribution in [-0.2, 0) is 0 Å². The highest BCUT2D eigenvalue weighted by molar-refractivity contribution is 9.10. The van der Waals surface area contributed by atoms with Crippen LogP contribution in [0.4, 0.5) is 0 Å². The number of halogens is 2. The quantitative estimate of drug-likeness (QED) is 0.792. The van der Waals surface area contributed by atoms with Crippen molar-refractivity contribution in [3.05, 3.63) is 28.2 Å². The number of methoxy groups -OCH3 is 1. The van der Waals surface area contributed by atoms with Crippen molar-refractivity contribution in [2.24, 2.45) is 0 Å². The summed E-state index contributed by atoms with van der Waals surface area (Å²) in [4.78, 5) is 12.2. The second-order valence-corrected chi connectivity index (χ2v) is 5.82. The number of hydrogen-bond donors (Lipinski definition) is 1. The van der Waals surface area contributed by atoms with Crippen molar-refractivity contribution in [1.82, 2.24) is 5.32 Å². The molecule has 0 saturated heterocycles. The lowest BCUT2D eigenvalue weighted by Crippen LogP contribution is -2.47. The average molecular weight is 379 g/mol. The Morgan fingerprint density at radius 1 is 1.50 bits per heavy atom. The molecule has 1 amide bonds. The van der Waals surface area contributed by atoms with E-state index in [2.05, 4.69) is 37.2 Å². The van der Waals surface area contributed by atoms with Crippen molar-refractivity contribution < 1.29 is 9.53 Å². The summed E-state index contributed by atoms with van der Waals surface area (Å²) in [7, 11) is 1.56. The maximum atomic E-state index is 12.2. The zero-order valence-electron chi connectivity index (χ0n) is 10.7. The van der Waals surface area contributed by atoms with Crippen LogP contribution in [0.15, 0.2) is 22.7 Å². The van der Waals surface area contributed by atoms with Gasteiger partial charge in [-0.1, -0.05) is 38.8 Å². The van der Waals surface area contributed by atoms with Gasteiger partial charge in [0, 0.05) is 15.3 Å². The molecule has 0 heterocycles. The van der Waals surface area contributed by atoms with Crippen molar-refractivity contribution >= 4 is 37.8 Å². The van der Waals surface area contributed by atoms with Gasteiger partial charge in [-0.2, -0.15) is 0 Å². The van der Waals surface area contributed by atoms with E-state index in [1.54, 1.807) is 19.2 Å². The van der Waals surface area contributed by atoms with Gasteiger partial charge in [0.2, 0.25) is 0 Å². The number of nitrogens with one attached hydrogen (secondary N) is 1. The van der Waals surface area contributed by atoms with Crippen LogP contribution in [0, 0.1) is 0 Å². The van der Waals surface area contributed by atoms with Crippen LogP contribution in [0.2, 0.25) is 0 Å². The second kappa shape index (κ2) is 6.57. The van der Waals surface area contributed by atoms with Gasteiger partial charge in [-0.25, -0.2) is 0 Å². The number of amides is 1.